The molecule has 4 nitrogen and oxygen atoms in total. The van der Waals surface area contributed by atoms with Crippen molar-refractivity contribution >= 4 is 23.4 Å². The molecule has 0 fully saturated rings. The van der Waals surface area contributed by atoms with Crippen LogP contribution in [0.5, 0.6) is 0 Å². The normalized spacial score (nSPS) is 11.8. The van der Waals surface area contributed by atoms with Crippen molar-refractivity contribution in [3.63, 3.8) is 0 Å². The van der Waals surface area contributed by atoms with Crippen LogP contribution in [-0.2, 0) is 29.0 Å². The molecule has 0 saturated carbocycles. The van der Waals surface area contributed by atoms with E-state index in [1.165, 1.54) is 0 Å². The Bertz CT molecular complexity index is 1040. The zero-order valence-electron chi connectivity index (χ0n) is 19.2. The van der Waals surface area contributed by atoms with Gasteiger partial charge in [-0.05, 0) is 34.7 Å². The van der Waals surface area contributed by atoms with Crippen LogP contribution in [0.2, 0.25) is 5.02 Å². The molecule has 33 heavy (non-hydrogen) atoms. The maximum absolute atomic E-state index is 13.6. The Hall–Kier alpha value is -3.11. The molecule has 1 unspecified atom stereocenters. The van der Waals surface area contributed by atoms with Gasteiger partial charge in [-0.3, -0.25) is 9.59 Å². The summed E-state index contributed by atoms with van der Waals surface area (Å²) in [5.74, 6) is 0.0701. The molecule has 0 aliphatic rings. The Kier molecular flexibility index (Phi) is 9.08. The molecule has 0 aromatic heterocycles. The van der Waals surface area contributed by atoms with Crippen molar-refractivity contribution in [3.05, 3.63) is 107 Å². The van der Waals surface area contributed by atoms with E-state index in [0.717, 1.165) is 16.7 Å². The number of nitrogens with one attached hydrogen (secondary N) is 1. The van der Waals surface area contributed by atoms with E-state index >= 15 is 0 Å². The summed E-state index contributed by atoms with van der Waals surface area (Å²) in [4.78, 5) is 28.7. The van der Waals surface area contributed by atoms with Crippen LogP contribution in [0, 0.1) is 5.92 Å². The van der Waals surface area contributed by atoms with E-state index in [4.69, 9.17) is 11.6 Å². The highest BCUT2D eigenvalue weighted by Gasteiger charge is 2.30. The van der Waals surface area contributed by atoms with Gasteiger partial charge in [-0.1, -0.05) is 98.2 Å². The predicted molar refractivity (Wildman–Crippen MR) is 134 cm³/mol. The zero-order chi connectivity index (χ0) is 23.6. The van der Waals surface area contributed by atoms with Crippen LogP contribution in [0.15, 0.2) is 84.9 Å². The van der Waals surface area contributed by atoms with Gasteiger partial charge in [-0.15, -0.1) is 0 Å². The van der Waals surface area contributed by atoms with Gasteiger partial charge in [-0.25, -0.2) is 0 Å². The molecule has 0 spiro atoms. The molecule has 5 heteroatoms. The zero-order valence-corrected chi connectivity index (χ0v) is 20.0. The topological polar surface area (TPSA) is 49.4 Å². The third kappa shape index (κ3) is 7.76. The third-order valence-corrected chi connectivity index (χ3v) is 5.63. The number of carbonyl (C=O) groups is 2. The van der Waals surface area contributed by atoms with Gasteiger partial charge in [0.25, 0.3) is 0 Å². The molecule has 3 aromatic carbocycles. The first-order valence-corrected chi connectivity index (χ1v) is 11.7. The van der Waals surface area contributed by atoms with E-state index < -0.39 is 6.04 Å². The van der Waals surface area contributed by atoms with Crippen LogP contribution in [0.1, 0.15) is 30.5 Å². The molecule has 0 aliphatic heterocycles. The fourth-order valence-corrected chi connectivity index (χ4v) is 3.89. The summed E-state index contributed by atoms with van der Waals surface area (Å²) >= 11 is 6.14. The van der Waals surface area contributed by atoms with E-state index in [1.54, 1.807) is 17.0 Å². The summed E-state index contributed by atoms with van der Waals surface area (Å²) in [5, 5.41) is 3.63. The van der Waals surface area contributed by atoms with Crippen LogP contribution in [0.3, 0.4) is 0 Å². The molecule has 0 saturated heterocycles. The maximum atomic E-state index is 13.6. The Balaban J connectivity index is 1.93. The molecule has 172 valence electrons. The largest absolute Gasteiger partial charge is 0.354 e. The molecular formula is C28H31ClN2O2. The number of carbonyl (C=O) groups excluding carboxylic acids is 2. The Morgan fingerprint density at radius 3 is 2.06 bits per heavy atom. The molecule has 0 bridgehead atoms. The van der Waals surface area contributed by atoms with Gasteiger partial charge >= 0.3 is 0 Å². The molecule has 0 radical (unpaired) electrons. The van der Waals surface area contributed by atoms with Crippen molar-refractivity contribution < 1.29 is 9.59 Å². The second-order valence-corrected chi connectivity index (χ2v) is 9.09. The first-order chi connectivity index (χ1) is 15.9. The highest BCUT2D eigenvalue weighted by Crippen LogP contribution is 2.18. The highest BCUT2D eigenvalue weighted by atomic mass is 35.5. The minimum Gasteiger partial charge on any atom is -0.354 e. The van der Waals surface area contributed by atoms with Crippen LogP contribution >= 0.6 is 11.6 Å². The quantitative estimate of drug-likeness (QED) is 0.444. The van der Waals surface area contributed by atoms with E-state index in [9.17, 15) is 9.59 Å². The summed E-state index contributed by atoms with van der Waals surface area (Å²) in [6.07, 6.45) is 0.620. The number of benzene rings is 3. The smallest absolute Gasteiger partial charge is 0.243 e. The van der Waals surface area contributed by atoms with Crippen LogP contribution in [0.4, 0.5) is 0 Å². The van der Waals surface area contributed by atoms with Crippen molar-refractivity contribution in [2.75, 3.05) is 6.54 Å². The van der Waals surface area contributed by atoms with Crippen molar-refractivity contribution in [1.82, 2.24) is 10.2 Å². The number of rotatable bonds is 10. The first kappa shape index (κ1) is 24.5. The Labute approximate surface area is 201 Å². The fraction of sp³-hybridized carbons (Fsp3) is 0.286. The van der Waals surface area contributed by atoms with E-state index in [2.05, 4.69) is 19.2 Å². The lowest BCUT2D eigenvalue weighted by Gasteiger charge is -2.32. The fourth-order valence-electron chi connectivity index (χ4n) is 3.68. The van der Waals surface area contributed by atoms with Gasteiger partial charge in [0.1, 0.15) is 6.04 Å². The second kappa shape index (κ2) is 12.2. The molecule has 0 heterocycles. The molecule has 1 atom stereocenters. The number of halogens is 1. The number of nitrogens with zero attached hydrogens (tertiary/aromatic N) is 1. The lowest BCUT2D eigenvalue weighted by Crippen LogP contribution is -2.51. The van der Waals surface area contributed by atoms with Crippen LogP contribution in [0.25, 0.3) is 0 Å². The Morgan fingerprint density at radius 1 is 0.848 bits per heavy atom. The van der Waals surface area contributed by atoms with Crippen molar-refractivity contribution in [1.29, 1.82) is 0 Å². The lowest BCUT2D eigenvalue weighted by molar-refractivity contribution is -0.140. The van der Waals surface area contributed by atoms with Gasteiger partial charge < -0.3 is 10.2 Å². The van der Waals surface area contributed by atoms with E-state index in [0.29, 0.717) is 30.5 Å². The van der Waals surface area contributed by atoms with E-state index in [1.807, 2.05) is 72.8 Å². The van der Waals surface area contributed by atoms with Crippen LogP contribution < -0.4 is 5.32 Å². The molecule has 3 aromatic rings. The second-order valence-electron chi connectivity index (χ2n) is 8.66. The standard InChI is InChI=1S/C28H31ClN2O2/c1-21(2)19-30-28(33)26(17-22-10-5-3-6-11-22)31(20-23-12-7-4-8-13-23)27(32)18-24-14-9-15-25(29)16-24/h3-16,21,26H,17-20H2,1-2H3,(H,30,33). The highest BCUT2D eigenvalue weighted by molar-refractivity contribution is 6.30. The van der Waals surface area contributed by atoms with Crippen molar-refractivity contribution in [2.24, 2.45) is 5.92 Å². The lowest BCUT2D eigenvalue weighted by atomic mass is 10.0. The average molecular weight is 463 g/mol. The average Bonchev–Trinajstić information content (AvgIpc) is 2.81. The van der Waals surface area contributed by atoms with Crippen molar-refractivity contribution in [3.8, 4) is 0 Å². The minimum atomic E-state index is -0.627. The first-order valence-electron chi connectivity index (χ1n) is 11.3. The molecule has 0 aliphatic carbocycles. The minimum absolute atomic E-state index is 0.109. The van der Waals surface area contributed by atoms with Crippen LogP contribution in [-0.4, -0.2) is 29.3 Å². The van der Waals surface area contributed by atoms with Crippen molar-refractivity contribution in [2.45, 2.75) is 39.3 Å². The summed E-state index contributed by atoms with van der Waals surface area (Å²) in [6.45, 7) is 5.02. The molecular weight excluding hydrogens is 432 g/mol. The van der Waals surface area contributed by atoms with Gasteiger partial charge in [0, 0.05) is 24.5 Å². The molecule has 1 N–H and O–H groups in total. The van der Waals surface area contributed by atoms with Gasteiger partial charge in [-0.2, -0.15) is 0 Å². The van der Waals surface area contributed by atoms with E-state index in [-0.39, 0.29) is 18.2 Å². The number of amides is 2. The molecule has 2 amide bonds. The maximum Gasteiger partial charge on any atom is 0.243 e. The monoisotopic (exact) mass is 462 g/mol. The number of hydrogen-bond donors (Lipinski definition) is 1. The third-order valence-electron chi connectivity index (χ3n) is 5.40. The van der Waals surface area contributed by atoms with Gasteiger partial charge in [0.05, 0.1) is 6.42 Å². The Morgan fingerprint density at radius 2 is 1.45 bits per heavy atom. The van der Waals surface area contributed by atoms with Gasteiger partial charge in [0.15, 0.2) is 0 Å². The summed E-state index contributed by atoms with van der Waals surface area (Å²) < 4.78 is 0. The predicted octanol–water partition coefficient (Wildman–Crippen LogP) is 5.29. The summed E-state index contributed by atoms with van der Waals surface area (Å²) in [6, 6.07) is 26.3. The summed E-state index contributed by atoms with van der Waals surface area (Å²) in [7, 11) is 0. The van der Waals surface area contributed by atoms with Gasteiger partial charge in [0.2, 0.25) is 11.8 Å². The molecule has 3 rings (SSSR count). The SMILES string of the molecule is CC(C)CNC(=O)C(Cc1ccccc1)N(Cc1ccccc1)C(=O)Cc1cccc(Cl)c1. The summed E-state index contributed by atoms with van der Waals surface area (Å²) in [5.41, 5.74) is 2.81. The number of hydrogen-bond acceptors (Lipinski definition) is 2.